The number of hydrogen-bond acceptors (Lipinski definition) is 9. The van der Waals surface area contributed by atoms with Gasteiger partial charge in [0.15, 0.2) is 23.0 Å². The van der Waals surface area contributed by atoms with Crippen LogP contribution in [0.15, 0.2) is 97.1 Å². The van der Waals surface area contributed by atoms with E-state index in [1.54, 1.807) is 48.5 Å². The van der Waals surface area contributed by atoms with Crippen molar-refractivity contribution < 1.29 is 38.0 Å². The summed E-state index contributed by atoms with van der Waals surface area (Å²) < 4.78 is 36.9. The molecule has 0 bridgehead atoms. The highest BCUT2D eigenvalue weighted by Gasteiger charge is 2.18. The van der Waals surface area contributed by atoms with Gasteiger partial charge in [0.05, 0.1) is 47.3 Å². The lowest BCUT2D eigenvalue weighted by atomic mass is 9.97. The number of carbonyl (C=O) groups is 2. The van der Waals surface area contributed by atoms with Gasteiger partial charge in [0, 0.05) is 11.1 Å². The molecule has 0 saturated heterocycles. The van der Waals surface area contributed by atoms with Crippen LogP contribution in [0.3, 0.4) is 0 Å². The Balaban J connectivity index is 1.14. The van der Waals surface area contributed by atoms with E-state index in [4.69, 9.17) is 28.4 Å². The van der Waals surface area contributed by atoms with Gasteiger partial charge in [-0.2, -0.15) is 0 Å². The molecule has 5 rings (SSSR count). The maximum Gasteiger partial charge on any atom is 0.343 e. The van der Waals surface area contributed by atoms with Gasteiger partial charge in [-0.3, -0.25) is 0 Å². The number of carbonyl (C=O) groups excluding carboxylic acids is 2. The number of benzene rings is 4. The average molecular weight is 1150 g/mol. The van der Waals surface area contributed by atoms with Crippen LogP contribution in [0.2, 0.25) is 0 Å². The summed E-state index contributed by atoms with van der Waals surface area (Å²) in [6.45, 7) is 29.6. The van der Waals surface area contributed by atoms with Crippen molar-refractivity contribution in [3.8, 4) is 58.2 Å². The minimum Gasteiger partial charge on any atom is -0.490 e. The Kier molecular flexibility index (Phi) is 30.3. The Morgan fingerprint density at radius 3 is 0.952 bits per heavy atom. The van der Waals surface area contributed by atoms with Crippen molar-refractivity contribution >= 4 is 23.3 Å². The topological polar surface area (TPSA) is 89.5 Å². The molecule has 0 unspecified atom stereocenters. The molecule has 83 heavy (non-hydrogen) atoms. The minimum absolute atomic E-state index is 0.396. The second kappa shape index (κ2) is 37.2. The molecule has 4 atom stereocenters. The zero-order chi connectivity index (χ0) is 59.9. The van der Waals surface area contributed by atoms with Gasteiger partial charge in [0.25, 0.3) is 0 Å². The monoisotopic (exact) mass is 1150 g/mol. The summed E-state index contributed by atoms with van der Waals surface area (Å²) in [5, 5.41) is 0. The van der Waals surface area contributed by atoms with E-state index in [2.05, 4.69) is 107 Å². The van der Waals surface area contributed by atoms with Gasteiger partial charge in [0.2, 0.25) is 0 Å². The van der Waals surface area contributed by atoms with Gasteiger partial charge in [-0.25, -0.2) is 9.59 Å². The Labute approximate surface area is 505 Å². The summed E-state index contributed by atoms with van der Waals surface area (Å²) in [5.41, 5.74) is 2.36. The van der Waals surface area contributed by atoms with Crippen molar-refractivity contribution in [2.45, 2.75) is 186 Å². The van der Waals surface area contributed by atoms with Crippen molar-refractivity contribution in [3.63, 3.8) is 0 Å². The fourth-order valence-electron chi connectivity index (χ4n) is 9.57. The fraction of sp³-hybridized carbons (Fsp3) is 0.541. The van der Waals surface area contributed by atoms with Crippen molar-refractivity contribution in [1.29, 1.82) is 0 Å². The van der Waals surface area contributed by atoms with Crippen molar-refractivity contribution in [3.05, 3.63) is 129 Å². The first-order valence-electron chi connectivity index (χ1n) is 31.5. The van der Waals surface area contributed by atoms with Gasteiger partial charge < -0.3 is 28.4 Å². The lowest BCUT2D eigenvalue weighted by molar-refractivity contribution is 0.0724. The summed E-state index contributed by atoms with van der Waals surface area (Å²) in [4.78, 5) is 28.7. The molecular formula is C74H100O8S. The number of esters is 2. The van der Waals surface area contributed by atoms with Gasteiger partial charge in [0.1, 0.15) is 11.5 Å². The predicted octanol–water partition coefficient (Wildman–Crippen LogP) is 19.9. The van der Waals surface area contributed by atoms with E-state index >= 15 is 0 Å². The van der Waals surface area contributed by atoms with E-state index in [0.29, 0.717) is 108 Å². The first-order chi connectivity index (χ1) is 39.9. The predicted molar refractivity (Wildman–Crippen MR) is 344 cm³/mol. The second-order valence-corrected chi connectivity index (χ2v) is 26.2. The molecule has 1 heterocycles. The molecule has 8 nitrogen and oxygen atoms in total. The molecule has 0 N–H and O–H groups in total. The largest absolute Gasteiger partial charge is 0.490 e. The zero-order valence-corrected chi connectivity index (χ0v) is 53.5. The van der Waals surface area contributed by atoms with E-state index < -0.39 is 11.9 Å². The third-order valence-corrected chi connectivity index (χ3v) is 16.1. The number of ether oxygens (including phenoxy) is 6. The van der Waals surface area contributed by atoms with Crippen LogP contribution in [0.1, 0.15) is 227 Å². The van der Waals surface area contributed by atoms with Crippen LogP contribution < -0.4 is 28.4 Å². The Morgan fingerprint density at radius 2 is 0.651 bits per heavy atom. The molecule has 4 aromatic carbocycles. The molecule has 0 radical (unpaired) electrons. The number of thiophene rings is 1. The van der Waals surface area contributed by atoms with Gasteiger partial charge in [-0.15, -0.1) is 11.3 Å². The van der Waals surface area contributed by atoms with Crippen LogP contribution in [0, 0.1) is 71.0 Å². The summed E-state index contributed by atoms with van der Waals surface area (Å²) in [6, 6.07) is 29.0. The molecule has 0 saturated carbocycles. The van der Waals surface area contributed by atoms with E-state index in [9.17, 15) is 9.59 Å². The number of rotatable bonds is 36. The molecule has 1 aromatic heterocycles. The van der Waals surface area contributed by atoms with Crippen molar-refractivity contribution in [1.82, 2.24) is 0 Å². The molecule has 0 fully saturated rings. The molecule has 5 aromatic rings. The summed E-state index contributed by atoms with van der Waals surface area (Å²) in [6.07, 6.45) is 18.4. The quantitative estimate of drug-likeness (QED) is 0.0223. The van der Waals surface area contributed by atoms with Gasteiger partial charge in [-0.1, -0.05) is 184 Å². The van der Waals surface area contributed by atoms with E-state index in [1.807, 2.05) is 48.5 Å². The Bertz CT molecular complexity index is 2610. The summed E-state index contributed by atoms with van der Waals surface area (Å²) in [5.74, 6) is 20.4. The Morgan fingerprint density at radius 1 is 0.349 bits per heavy atom. The molecule has 0 aliphatic rings. The van der Waals surface area contributed by atoms with E-state index in [1.165, 1.54) is 88.4 Å². The zero-order valence-electron chi connectivity index (χ0n) is 52.7. The van der Waals surface area contributed by atoms with E-state index in [0.717, 1.165) is 58.4 Å². The third-order valence-electron chi connectivity index (χ3n) is 15.1. The highest BCUT2D eigenvalue weighted by atomic mass is 32.1. The summed E-state index contributed by atoms with van der Waals surface area (Å²) in [7, 11) is 0. The van der Waals surface area contributed by atoms with Gasteiger partial charge in [-0.05, 0) is 170 Å². The normalized spacial score (nSPS) is 12.7. The smallest absolute Gasteiger partial charge is 0.343 e. The lowest BCUT2D eigenvalue weighted by Crippen LogP contribution is -2.11. The highest BCUT2D eigenvalue weighted by molar-refractivity contribution is 7.13. The van der Waals surface area contributed by atoms with Crippen LogP contribution in [-0.2, 0) is 0 Å². The van der Waals surface area contributed by atoms with Crippen LogP contribution in [0.4, 0.5) is 0 Å². The van der Waals surface area contributed by atoms with Crippen LogP contribution in [0.25, 0.3) is 0 Å². The number of hydrogen-bond donors (Lipinski definition) is 0. The lowest BCUT2D eigenvalue weighted by Gasteiger charge is -2.17. The first kappa shape index (κ1) is 67.6. The van der Waals surface area contributed by atoms with E-state index in [-0.39, 0.29) is 0 Å². The minimum atomic E-state index is -0.471. The standard InChI is InChI=1S/C74H100O8S/c1-53(2)17-13-21-57(9)43-47-77-69-41-31-63(51-71(69)79-49-45-59(11)23-15-19-55(5)6)73(75)81-65-33-25-61(26-34-65)29-37-67-39-40-68(83-67)38-30-62-27-35-66(36-28-62)82-74(76)64-32-42-70(78-48-44-58(10)22-14-18-54(3)4)72(52-64)80-50-46-60(12)24-16-20-56(7)8/h25-28,31-36,39-42,51-60H,13-24,43-50H2,1-12H3/t57-,58-,59-,60-/m0/s1. The van der Waals surface area contributed by atoms with Crippen molar-refractivity contribution in [2.24, 2.45) is 47.3 Å². The van der Waals surface area contributed by atoms with Crippen LogP contribution in [-0.4, -0.2) is 38.4 Å². The summed E-state index contributed by atoms with van der Waals surface area (Å²) >= 11 is 1.51. The maximum atomic E-state index is 13.5. The fourth-order valence-corrected chi connectivity index (χ4v) is 10.3. The first-order valence-corrected chi connectivity index (χ1v) is 32.3. The molecular weight excluding hydrogens is 1050 g/mol. The molecule has 0 aliphatic carbocycles. The average Bonchev–Trinajstić information content (AvgIpc) is 3.96. The molecule has 0 amide bonds. The second-order valence-electron chi connectivity index (χ2n) is 25.1. The molecule has 450 valence electrons. The Hall–Kier alpha value is -6.16. The van der Waals surface area contributed by atoms with Crippen LogP contribution in [0.5, 0.6) is 34.5 Å². The molecule has 9 heteroatoms. The molecule has 0 spiro atoms. The maximum absolute atomic E-state index is 13.5. The van der Waals surface area contributed by atoms with Gasteiger partial charge >= 0.3 is 11.9 Å². The SMILES string of the molecule is CC(C)CCC[C@H](C)CCOc1ccc(C(=O)Oc2ccc(C#Cc3ccc(C#Cc4ccc(OC(=O)c5ccc(OCC[C@@H](C)CCCC(C)C)c(OCC[C@@H](C)CCCC(C)C)c5)cc4)s3)cc2)cc1OCC[C@@H](C)CCCC(C)C. The van der Waals surface area contributed by atoms with Crippen LogP contribution >= 0.6 is 11.3 Å². The van der Waals surface area contributed by atoms with Crippen molar-refractivity contribution in [2.75, 3.05) is 26.4 Å². The highest BCUT2D eigenvalue weighted by Crippen LogP contribution is 2.33. The molecule has 0 aliphatic heterocycles. The third kappa shape index (κ3) is 27.4.